The van der Waals surface area contributed by atoms with Crippen molar-refractivity contribution < 1.29 is 9.47 Å². The number of nitrogens with one attached hydrogen (secondary N) is 1. The summed E-state index contributed by atoms with van der Waals surface area (Å²) in [5, 5.41) is 8.61. The number of nitrogen functional groups attached to an aromatic ring is 1. The van der Waals surface area contributed by atoms with Crippen molar-refractivity contribution in [3.05, 3.63) is 35.9 Å². The maximum atomic E-state index is 7.67. The molecule has 20 heavy (non-hydrogen) atoms. The lowest BCUT2D eigenvalue weighted by molar-refractivity contribution is 0.0664. The van der Waals surface area contributed by atoms with Gasteiger partial charge in [0.25, 0.3) is 0 Å². The Morgan fingerprint density at radius 1 is 1.45 bits per heavy atom. The van der Waals surface area contributed by atoms with Crippen molar-refractivity contribution in [2.75, 3.05) is 13.2 Å². The van der Waals surface area contributed by atoms with Crippen LogP contribution in [-0.2, 0) is 4.74 Å². The summed E-state index contributed by atoms with van der Waals surface area (Å²) in [5.41, 5.74) is 6.98. The Kier molecular flexibility index (Phi) is 3.52. The highest BCUT2D eigenvalue weighted by Gasteiger charge is 2.18. The third-order valence-electron chi connectivity index (χ3n) is 3.41. The molecule has 3 rings (SSSR count). The van der Waals surface area contributed by atoms with E-state index in [1.165, 1.54) is 0 Å². The van der Waals surface area contributed by atoms with Crippen LogP contribution >= 0.6 is 0 Å². The van der Waals surface area contributed by atoms with E-state index in [2.05, 4.69) is 4.98 Å². The van der Waals surface area contributed by atoms with Crippen LogP contribution in [0.5, 0.6) is 5.88 Å². The van der Waals surface area contributed by atoms with Crippen LogP contribution in [0.2, 0.25) is 0 Å². The number of hydrogen-bond donors (Lipinski definition) is 2. The van der Waals surface area contributed by atoms with E-state index in [9.17, 15) is 0 Å². The first-order valence-corrected chi connectivity index (χ1v) is 6.72. The van der Waals surface area contributed by atoms with Gasteiger partial charge in [-0.1, -0.05) is 18.2 Å². The first kappa shape index (κ1) is 12.9. The van der Waals surface area contributed by atoms with E-state index in [0.29, 0.717) is 18.1 Å². The average Bonchev–Trinajstić information content (AvgIpc) is 2.97. The van der Waals surface area contributed by atoms with Crippen molar-refractivity contribution in [3.63, 3.8) is 0 Å². The number of pyridine rings is 1. The minimum atomic E-state index is -0.0365. The van der Waals surface area contributed by atoms with Crippen LogP contribution in [-0.4, -0.2) is 30.1 Å². The molecule has 0 saturated carbocycles. The zero-order valence-electron chi connectivity index (χ0n) is 11.1. The Hall–Kier alpha value is -2.14. The second-order valence-electron chi connectivity index (χ2n) is 4.89. The Labute approximate surface area is 117 Å². The first-order valence-electron chi connectivity index (χ1n) is 6.72. The third kappa shape index (κ3) is 2.58. The minimum absolute atomic E-state index is 0.0365. The van der Waals surface area contributed by atoms with E-state index >= 15 is 0 Å². The summed E-state index contributed by atoms with van der Waals surface area (Å²) < 4.78 is 11.3. The van der Waals surface area contributed by atoms with Gasteiger partial charge in [-0.05, 0) is 25.0 Å². The van der Waals surface area contributed by atoms with Crippen molar-refractivity contribution in [2.45, 2.75) is 18.9 Å². The minimum Gasteiger partial charge on any atom is -0.474 e. The van der Waals surface area contributed by atoms with Crippen LogP contribution in [0.15, 0.2) is 30.3 Å². The molecule has 2 aromatic rings. The average molecular weight is 271 g/mol. The van der Waals surface area contributed by atoms with Crippen molar-refractivity contribution in [1.82, 2.24) is 4.98 Å². The highest BCUT2D eigenvalue weighted by Crippen LogP contribution is 2.23. The Bertz CT molecular complexity index is 636. The lowest BCUT2D eigenvalue weighted by Crippen LogP contribution is -2.20. The summed E-state index contributed by atoms with van der Waals surface area (Å²) in [4.78, 5) is 4.46. The number of hydrogen-bond acceptors (Lipinski definition) is 4. The monoisotopic (exact) mass is 271 g/mol. The summed E-state index contributed by atoms with van der Waals surface area (Å²) in [5.74, 6) is 0.372. The van der Waals surface area contributed by atoms with Gasteiger partial charge in [-0.25, -0.2) is 4.98 Å². The molecule has 1 aromatic heterocycles. The number of aromatic nitrogens is 1. The van der Waals surface area contributed by atoms with Crippen LogP contribution in [0, 0.1) is 5.41 Å². The highest BCUT2D eigenvalue weighted by molar-refractivity contribution is 6.00. The third-order valence-corrected chi connectivity index (χ3v) is 3.41. The van der Waals surface area contributed by atoms with Gasteiger partial charge >= 0.3 is 0 Å². The molecule has 5 nitrogen and oxygen atoms in total. The lowest BCUT2D eigenvalue weighted by atomic mass is 10.1. The number of rotatable bonds is 4. The summed E-state index contributed by atoms with van der Waals surface area (Å²) in [6, 6.07) is 9.56. The molecule has 0 amide bonds. The van der Waals surface area contributed by atoms with Crippen molar-refractivity contribution >= 4 is 16.7 Å². The van der Waals surface area contributed by atoms with Crippen molar-refractivity contribution in [2.24, 2.45) is 5.73 Å². The van der Waals surface area contributed by atoms with Gasteiger partial charge in [0.1, 0.15) is 12.4 Å². The molecule has 1 saturated heterocycles. The molecule has 5 heteroatoms. The van der Waals surface area contributed by atoms with Gasteiger partial charge in [-0.3, -0.25) is 5.41 Å². The summed E-state index contributed by atoms with van der Waals surface area (Å²) in [7, 11) is 0. The quantitative estimate of drug-likeness (QED) is 0.659. The predicted molar refractivity (Wildman–Crippen MR) is 77.2 cm³/mol. The Morgan fingerprint density at radius 2 is 2.30 bits per heavy atom. The molecule has 1 aliphatic rings. The molecule has 1 atom stereocenters. The largest absolute Gasteiger partial charge is 0.474 e. The fraction of sp³-hybridized carbons (Fsp3) is 0.333. The predicted octanol–water partition coefficient (Wildman–Crippen LogP) is 2.08. The smallest absolute Gasteiger partial charge is 0.225 e. The Balaban J connectivity index is 1.90. The van der Waals surface area contributed by atoms with E-state index in [-0.39, 0.29) is 11.9 Å². The van der Waals surface area contributed by atoms with E-state index in [1.54, 1.807) is 0 Å². The van der Waals surface area contributed by atoms with E-state index < -0.39 is 0 Å². The maximum Gasteiger partial charge on any atom is 0.225 e. The molecule has 0 aliphatic carbocycles. The normalized spacial score (nSPS) is 18.3. The van der Waals surface area contributed by atoms with Gasteiger partial charge in [-0.2, -0.15) is 0 Å². The molecule has 2 heterocycles. The zero-order chi connectivity index (χ0) is 13.9. The second kappa shape index (κ2) is 5.46. The molecule has 0 bridgehead atoms. The lowest BCUT2D eigenvalue weighted by Gasteiger charge is -2.14. The number of nitrogens with two attached hydrogens (primary N) is 1. The molecule has 1 unspecified atom stereocenters. The molecule has 0 spiro atoms. The molecular formula is C15H17N3O2. The van der Waals surface area contributed by atoms with Crippen LogP contribution in [0.4, 0.5) is 0 Å². The standard InChI is InChI=1S/C15H17N3O2/c16-14(17)12-8-10-4-1-2-6-13(10)18-15(12)20-9-11-5-3-7-19-11/h1-2,4,6,8,11H,3,5,7,9H2,(H3,16,17). The Morgan fingerprint density at radius 3 is 3.05 bits per heavy atom. The molecular weight excluding hydrogens is 254 g/mol. The van der Waals surface area contributed by atoms with Gasteiger partial charge in [0.15, 0.2) is 0 Å². The van der Waals surface area contributed by atoms with Gasteiger partial charge in [0, 0.05) is 12.0 Å². The summed E-state index contributed by atoms with van der Waals surface area (Å²) in [6.07, 6.45) is 2.19. The van der Waals surface area contributed by atoms with Gasteiger partial charge in [0.2, 0.25) is 5.88 Å². The summed E-state index contributed by atoms with van der Waals surface area (Å²) >= 11 is 0. The van der Waals surface area contributed by atoms with Crippen LogP contribution in [0.1, 0.15) is 18.4 Å². The van der Waals surface area contributed by atoms with Gasteiger partial charge in [0.05, 0.1) is 17.2 Å². The SMILES string of the molecule is N=C(N)c1cc2ccccc2nc1OCC1CCCO1. The number of amidine groups is 1. The van der Waals surface area contributed by atoms with E-state index in [1.807, 2.05) is 30.3 Å². The zero-order valence-corrected chi connectivity index (χ0v) is 11.1. The molecule has 1 aliphatic heterocycles. The molecule has 104 valence electrons. The first-order chi connectivity index (χ1) is 9.74. The number of ether oxygens (including phenoxy) is 2. The van der Waals surface area contributed by atoms with Crippen LogP contribution in [0.25, 0.3) is 10.9 Å². The second-order valence-corrected chi connectivity index (χ2v) is 4.89. The fourth-order valence-corrected chi connectivity index (χ4v) is 2.35. The van der Waals surface area contributed by atoms with Crippen molar-refractivity contribution in [1.29, 1.82) is 5.41 Å². The van der Waals surface area contributed by atoms with Crippen LogP contribution < -0.4 is 10.5 Å². The maximum absolute atomic E-state index is 7.67. The molecule has 0 radical (unpaired) electrons. The van der Waals surface area contributed by atoms with E-state index in [4.69, 9.17) is 20.6 Å². The number of para-hydroxylation sites is 1. The fourth-order valence-electron chi connectivity index (χ4n) is 2.35. The topological polar surface area (TPSA) is 81.2 Å². The molecule has 1 fully saturated rings. The number of fused-ring (bicyclic) bond motifs is 1. The molecule has 3 N–H and O–H groups in total. The van der Waals surface area contributed by atoms with Gasteiger partial charge in [-0.15, -0.1) is 0 Å². The van der Waals surface area contributed by atoms with Crippen LogP contribution in [0.3, 0.4) is 0 Å². The number of nitrogens with zero attached hydrogens (tertiary/aromatic N) is 1. The summed E-state index contributed by atoms with van der Waals surface area (Å²) in [6.45, 7) is 1.24. The highest BCUT2D eigenvalue weighted by atomic mass is 16.5. The van der Waals surface area contributed by atoms with Gasteiger partial charge < -0.3 is 15.2 Å². The van der Waals surface area contributed by atoms with E-state index in [0.717, 1.165) is 30.4 Å². The number of benzene rings is 1. The molecule has 1 aromatic carbocycles. The van der Waals surface area contributed by atoms with Crippen molar-refractivity contribution in [3.8, 4) is 5.88 Å².